The summed E-state index contributed by atoms with van der Waals surface area (Å²) in [5.74, 6) is -0.864. The number of carboxylic acids is 1. The molecule has 0 amide bonds. The van der Waals surface area contributed by atoms with Crippen molar-refractivity contribution < 1.29 is 9.90 Å². The standard InChI is InChI=1S/C8H9N3O2S/c1-5-6(4-9)8(14-11-5)10-3-2-7(12)13/h10H,2-3H2,1H3,(H,12,13). The van der Waals surface area contributed by atoms with Gasteiger partial charge in [0.1, 0.15) is 16.6 Å². The van der Waals surface area contributed by atoms with Crippen LogP contribution in [-0.4, -0.2) is 22.0 Å². The van der Waals surface area contributed by atoms with E-state index in [0.29, 0.717) is 22.8 Å². The van der Waals surface area contributed by atoms with Crippen molar-refractivity contribution in [1.29, 1.82) is 5.26 Å². The minimum atomic E-state index is -0.864. The number of nitrogens with zero attached hydrogens (tertiary/aromatic N) is 2. The molecule has 0 unspecified atom stereocenters. The monoisotopic (exact) mass is 211 g/mol. The number of carboxylic acid groups (broad SMARTS) is 1. The van der Waals surface area contributed by atoms with Gasteiger partial charge in [-0.05, 0) is 18.5 Å². The molecule has 1 heterocycles. The highest BCUT2D eigenvalue weighted by molar-refractivity contribution is 7.10. The number of anilines is 1. The van der Waals surface area contributed by atoms with Crippen LogP contribution in [0.25, 0.3) is 0 Å². The van der Waals surface area contributed by atoms with Crippen LogP contribution in [-0.2, 0) is 4.79 Å². The molecule has 1 aromatic rings. The number of nitrogens with one attached hydrogen (secondary N) is 1. The zero-order valence-electron chi connectivity index (χ0n) is 7.57. The Morgan fingerprint density at radius 3 is 3.07 bits per heavy atom. The highest BCUT2D eigenvalue weighted by Gasteiger charge is 2.09. The first kappa shape index (κ1) is 10.5. The third-order valence-electron chi connectivity index (χ3n) is 1.60. The van der Waals surface area contributed by atoms with Crippen LogP contribution in [0.15, 0.2) is 0 Å². The molecule has 0 aliphatic rings. The first-order chi connectivity index (χ1) is 6.65. The maximum Gasteiger partial charge on any atom is 0.305 e. The van der Waals surface area contributed by atoms with Crippen LogP contribution in [0.3, 0.4) is 0 Å². The highest BCUT2D eigenvalue weighted by Crippen LogP contribution is 2.22. The van der Waals surface area contributed by atoms with Crippen molar-refractivity contribution in [3.8, 4) is 6.07 Å². The van der Waals surface area contributed by atoms with Crippen molar-refractivity contribution in [3.63, 3.8) is 0 Å². The molecule has 1 aromatic heterocycles. The molecule has 1 rings (SSSR count). The summed E-state index contributed by atoms with van der Waals surface area (Å²) in [6.07, 6.45) is 0.0296. The molecule has 5 nitrogen and oxygen atoms in total. The zero-order valence-corrected chi connectivity index (χ0v) is 8.39. The summed E-state index contributed by atoms with van der Waals surface area (Å²) in [6, 6.07) is 2.02. The molecule has 74 valence electrons. The lowest BCUT2D eigenvalue weighted by atomic mass is 10.3. The van der Waals surface area contributed by atoms with Crippen LogP contribution in [0.2, 0.25) is 0 Å². The van der Waals surface area contributed by atoms with Gasteiger partial charge in [0.15, 0.2) is 0 Å². The van der Waals surface area contributed by atoms with Gasteiger partial charge in [-0.2, -0.15) is 9.64 Å². The summed E-state index contributed by atoms with van der Waals surface area (Å²) in [7, 11) is 0. The quantitative estimate of drug-likeness (QED) is 0.781. The predicted octanol–water partition coefficient (Wildman–Crippen LogP) is 1.21. The molecule has 0 radical (unpaired) electrons. The molecular formula is C8H9N3O2S. The van der Waals surface area contributed by atoms with Crippen LogP contribution in [0.4, 0.5) is 5.00 Å². The molecular weight excluding hydrogens is 202 g/mol. The third kappa shape index (κ3) is 2.44. The Hall–Kier alpha value is -1.61. The number of aromatic nitrogens is 1. The molecule has 14 heavy (non-hydrogen) atoms. The molecule has 0 spiro atoms. The maximum atomic E-state index is 10.2. The second-order valence-electron chi connectivity index (χ2n) is 2.65. The second-order valence-corrected chi connectivity index (χ2v) is 3.43. The van der Waals surface area contributed by atoms with Crippen molar-refractivity contribution in [1.82, 2.24) is 4.37 Å². The minimum absolute atomic E-state index is 0.0296. The smallest absolute Gasteiger partial charge is 0.305 e. The fourth-order valence-corrected chi connectivity index (χ4v) is 1.68. The Bertz CT molecular complexity index is 380. The molecule has 0 bridgehead atoms. The number of rotatable bonds is 4. The molecule has 0 fully saturated rings. The number of aryl methyl sites for hydroxylation is 1. The Labute approximate surface area is 85.2 Å². The lowest BCUT2D eigenvalue weighted by Crippen LogP contribution is -2.07. The average molecular weight is 211 g/mol. The van der Waals surface area contributed by atoms with Crippen molar-refractivity contribution >= 4 is 22.5 Å². The van der Waals surface area contributed by atoms with Crippen LogP contribution in [0.5, 0.6) is 0 Å². The van der Waals surface area contributed by atoms with Gasteiger partial charge in [0.05, 0.1) is 12.1 Å². The topological polar surface area (TPSA) is 86.0 Å². The van der Waals surface area contributed by atoms with E-state index in [0.717, 1.165) is 0 Å². The Kier molecular flexibility index (Phi) is 3.42. The number of nitriles is 1. The predicted molar refractivity (Wildman–Crippen MR) is 52.3 cm³/mol. The summed E-state index contributed by atoms with van der Waals surface area (Å²) < 4.78 is 3.99. The fraction of sp³-hybridized carbons (Fsp3) is 0.375. The maximum absolute atomic E-state index is 10.2. The van der Waals surface area contributed by atoms with Crippen molar-refractivity contribution in [2.45, 2.75) is 13.3 Å². The Morgan fingerprint density at radius 2 is 2.50 bits per heavy atom. The summed E-state index contributed by atoms with van der Waals surface area (Å²) in [5.41, 5.74) is 1.18. The van der Waals surface area contributed by atoms with Gasteiger partial charge in [-0.25, -0.2) is 0 Å². The molecule has 0 atom stereocenters. The van der Waals surface area contributed by atoms with E-state index >= 15 is 0 Å². The SMILES string of the molecule is Cc1nsc(NCCC(=O)O)c1C#N. The van der Waals surface area contributed by atoms with E-state index in [1.54, 1.807) is 6.92 Å². The zero-order chi connectivity index (χ0) is 10.6. The molecule has 0 aromatic carbocycles. The van der Waals surface area contributed by atoms with Gasteiger partial charge in [0.2, 0.25) is 0 Å². The van der Waals surface area contributed by atoms with Crippen LogP contribution >= 0.6 is 11.5 Å². The van der Waals surface area contributed by atoms with Gasteiger partial charge in [-0.3, -0.25) is 4.79 Å². The minimum Gasteiger partial charge on any atom is -0.481 e. The van der Waals surface area contributed by atoms with E-state index in [1.807, 2.05) is 6.07 Å². The molecule has 2 N–H and O–H groups in total. The van der Waals surface area contributed by atoms with E-state index in [1.165, 1.54) is 11.5 Å². The summed E-state index contributed by atoms with van der Waals surface area (Å²) in [6.45, 7) is 2.06. The average Bonchev–Trinajstić information content (AvgIpc) is 2.46. The molecule has 0 aliphatic carbocycles. The van der Waals surface area contributed by atoms with E-state index in [9.17, 15) is 4.79 Å². The number of carbonyl (C=O) groups is 1. The molecule has 0 aliphatic heterocycles. The molecule has 6 heteroatoms. The normalized spacial score (nSPS) is 9.43. The lowest BCUT2D eigenvalue weighted by molar-refractivity contribution is -0.136. The first-order valence-electron chi connectivity index (χ1n) is 3.97. The van der Waals surface area contributed by atoms with E-state index < -0.39 is 5.97 Å². The van der Waals surface area contributed by atoms with Gasteiger partial charge < -0.3 is 10.4 Å². The van der Waals surface area contributed by atoms with E-state index in [2.05, 4.69) is 9.69 Å². The van der Waals surface area contributed by atoms with Crippen LogP contribution in [0, 0.1) is 18.3 Å². The van der Waals surface area contributed by atoms with E-state index in [4.69, 9.17) is 10.4 Å². The number of hydrogen-bond acceptors (Lipinski definition) is 5. The highest BCUT2D eigenvalue weighted by atomic mass is 32.1. The van der Waals surface area contributed by atoms with Gasteiger partial charge in [-0.1, -0.05) is 0 Å². The molecule has 0 saturated carbocycles. The van der Waals surface area contributed by atoms with Gasteiger partial charge in [0.25, 0.3) is 0 Å². The largest absolute Gasteiger partial charge is 0.481 e. The second kappa shape index (κ2) is 4.58. The Balaban J connectivity index is 2.59. The summed E-state index contributed by atoms with van der Waals surface area (Å²) >= 11 is 1.18. The van der Waals surface area contributed by atoms with Crippen LogP contribution < -0.4 is 5.32 Å². The van der Waals surface area contributed by atoms with E-state index in [-0.39, 0.29) is 6.42 Å². The number of aliphatic carboxylic acids is 1. The fourth-order valence-electron chi connectivity index (χ4n) is 0.905. The Morgan fingerprint density at radius 1 is 1.79 bits per heavy atom. The van der Waals surface area contributed by atoms with Gasteiger partial charge in [-0.15, -0.1) is 0 Å². The first-order valence-corrected chi connectivity index (χ1v) is 4.74. The summed E-state index contributed by atoms with van der Waals surface area (Å²) in [5, 5.41) is 20.7. The molecule has 0 saturated heterocycles. The number of hydrogen-bond donors (Lipinski definition) is 2. The van der Waals surface area contributed by atoms with Gasteiger partial charge in [0, 0.05) is 6.54 Å². The van der Waals surface area contributed by atoms with Crippen molar-refractivity contribution in [3.05, 3.63) is 11.3 Å². The lowest BCUT2D eigenvalue weighted by Gasteiger charge is -1.99. The van der Waals surface area contributed by atoms with Crippen LogP contribution in [0.1, 0.15) is 17.7 Å². The summed E-state index contributed by atoms with van der Waals surface area (Å²) in [4.78, 5) is 10.2. The third-order valence-corrected chi connectivity index (χ3v) is 2.50. The van der Waals surface area contributed by atoms with Crippen molar-refractivity contribution in [2.24, 2.45) is 0 Å². The van der Waals surface area contributed by atoms with Gasteiger partial charge >= 0.3 is 5.97 Å². The van der Waals surface area contributed by atoms with Crippen molar-refractivity contribution in [2.75, 3.05) is 11.9 Å².